The number of hydrogen-bond donors (Lipinski definition) is 1. The number of nitrogens with one attached hydrogen (secondary N) is 1. The van der Waals surface area contributed by atoms with Crippen molar-refractivity contribution in [1.29, 1.82) is 0 Å². The lowest BCUT2D eigenvalue weighted by Gasteiger charge is -2.24. The van der Waals surface area contributed by atoms with Gasteiger partial charge in [0.2, 0.25) is 5.91 Å². The molecule has 0 fully saturated rings. The molecule has 3 aromatic carbocycles. The number of anilines is 1. The molecule has 0 aliphatic heterocycles. The number of carbonyl (C=O) groups is 1. The predicted molar refractivity (Wildman–Crippen MR) is 120 cm³/mol. The first-order valence-corrected chi connectivity index (χ1v) is 11.3. The van der Waals surface area contributed by atoms with Gasteiger partial charge >= 0.3 is 0 Å². The molecule has 0 spiro atoms. The number of amides is 1. The standard InChI is InChI=1S/C24H26N2O3S/c1-19-8-12-22(13-9-19)26(30(28,29)23-14-10-20(2)11-15-23)18-24(27)25-17-16-21-6-4-3-5-7-21/h3-15H,16-18H2,1-2H3,(H,25,27). The van der Waals surface area contributed by atoms with E-state index in [1.54, 1.807) is 36.4 Å². The van der Waals surface area contributed by atoms with Crippen LogP contribution < -0.4 is 9.62 Å². The second-order valence-electron chi connectivity index (χ2n) is 7.25. The van der Waals surface area contributed by atoms with E-state index in [4.69, 9.17) is 0 Å². The Kier molecular flexibility index (Phi) is 6.90. The number of sulfonamides is 1. The van der Waals surface area contributed by atoms with Crippen LogP contribution in [0.4, 0.5) is 5.69 Å². The molecule has 156 valence electrons. The van der Waals surface area contributed by atoms with Crippen LogP contribution in [0.3, 0.4) is 0 Å². The Hall–Kier alpha value is -3.12. The number of aryl methyl sites for hydroxylation is 2. The van der Waals surface area contributed by atoms with Crippen LogP contribution in [-0.2, 0) is 21.2 Å². The SMILES string of the molecule is Cc1ccc(N(CC(=O)NCCc2ccccc2)S(=O)(=O)c2ccc(C)cc2)cc1. The quantitative estimate of drug-likeness (QED) is 0.599. The highest BCUT2D eigenvalue weighted by molar-refractivity contribution is 7.92. The largest absolute Gasteiger partial charge is 0.354 e. The molecular weight excluding hydrogens is 396 g/mol. The summed E-state index contributed by atoms with van der Waals surface area (Å²) in [6.45, 7) is 3.98. The molecule has 30 heavy (non-hydrogen) atoms. The zero-order chi connectivity index (χ0) is 21.6. The van der Waals surface area contributed by atoms with Crippen LogP contribution in [0, 0.1) is 13.8 Å². The summed E-state index contributed by atoms with van der Waals surface area (Å²) in [6.07, 6.45) is 0.682. The van der Waals surface area contributed by atoms with E-state index in [-0.39, 0.29) is 17.3 Å². The van der Waals surface area contributed by atoms with E-state index in [0.29, 0.717) is 18.7 Å². The fraction of sp³-hybridized carbons (Fsp3) is 0.208. The van der Waals surface area contributed by atoms with Crippen molar-refractivity contribution in [2.75, 3.05) is 17.4 Å². The summed E-state index contributed by atoms with van der Waals surface area (Å²) in [7, 11) is -3.88. The van der Waals surface area contributed by atoms with Gasteiger partial charge in [0.05, 0.1) is 10.6 Å². The molecule has 0 atom stereocenters. The molecular formula is C24H26N2O3S. The van der Waals surface area contributed by atoms with Gasteiger partial charge in [-0.25, -0.2) is 8.42 Å². The van der Waals surface area contributed by atoms with Gasteiger partial charge in [-0.15, -0.1) is 0 Å². The maximum atomic E-state index is 13.3. The summed E-state index contributed by atoms with van der Waals surface area (Å²) in [4.78, 5) is 12.8. The van der Waals surface area contributed by atoms with Gasteiger partial charge in [0.1, 0.15) is 6.54 Å². The maximum Gasteiger partial charge on any atom is 0.264 e. The number of benzene rings is 3. The van der Waals surface area contributed by atoms with Gasteiger partial charge in [0.25, 0.3) is 10.0 Å². The van der Waals surface area contributed by atoms with Gasteiger partial charge in [0, 0.05) is 6.54 Å². The van der Waals surface area contributed by atoms with Gasteiger partial charge < -0.3 is 5.32 Å². The fourth-order valence-corrected chi connectivity index (χ4v) is 4.46. The molecule has 0 bridgehead atoms. The lowest BCUT2D eigenvalue weighted by molar-refractivity contribution is -0.119. The van der Waals surface area contributed by atoms with Crippen LogP contribution >= 0.6 is 0 Å². The second kappa shape index (κ2) is 9.59. The summed E-state index contributed by atoms with van der Waals surface area (Å²) < 4.78 is 27.8. The topological polar surface area (TPSA) is 66.5 Å². The van der Waals surface area contributed by atoms with Crippen LogP contribution in [0.5, 0.6) is 0 Å². The molecule has 1 N–H and O–H groups in total. The van der Waals surface area contributed by atoms with E-state index in [9.17, 15) is 13.2 Å². The Morgan fingerprint density at radius 2 is 1.40 bits per heavy atom. The first kappa shape index (κ1) is 21.6. The first-order chi connectivity index (χ1) is 14.4. The zero-order valence-corrected chi connectivity index (χ0v) is 18.0. The minimum Gasteiger partial charge on any atom is -0.354 e. The Bertz CT molecular complexity index is 1080. The Balaban J connectivity index is 1.78. The van der Waals surface area contributed by atoms with E-state index in [2.05, 4.69) is 5.32 Å². The molecule has 0 unspecified atom stereocenters. The normalized spacial score (nSPS) is 11.1. The number of hydrogen-bond acceptors (Lipinski definition) is 3. The molecule has 0 saturated heterocycles. The molecule has 0 aromatic heterocycles. The van der Waals surface area contributed by atoms with Crippen molar-refractivity contribution in [3.05, 3.63) is 95.6 Å². The van der Waals surface area contributed by atoms with Crippen LogP contribution in [0.2, 0.25) is 0 Å². The molecule has 0 aliphatic rings. The molecule has 6 heteroatoms. The van der Waals surface area contributed by atoms with Gasteiger partial charge in [-0.05, 0) is 50.1 Å². The highest BCUT2D eigenvalue weighted by Crippen LogP contribution is 2.24. The zero-order valence-electron chi connectivity index (χ0n) is 17.2. The van der Waals surface area contributed by atoms with E-state index >= 15 is 0 Å². The number of carbonyl (C=O) groups excluding carboxylic acids is 1. The predicted octanol–water partition coefficient (Wildman–Crippen LogP) is 3.86. The van der Waals surface area contributed by atoms with E-state index in [1.807, 2.05) is 56.3 Å². The van der Waals surface area contributed by atoms with Gasteiger partial charge in [-0.3, -0.25) is 9.10 Å². The fourth-order valence-electron chi connectivity index (χ4n) is 3.04. The minimum absolute atomic E-state index is 0.158. The molecule has 1 amide bonds. The van der Waals surface area contributed by atoms with E-state index in [1.165, 1.54) is 0 Å². The third kappa shape index (κ3) is 5.48. The van der Waals surface area contributed by atoms with Crippen LogP contribution in [0.25, 0.3) is 0 Å². The van der Waals surface area contributed by atoms with Crippen molar-refractivity contribution in [3.63, 3.8) is 0 Å². The maximum absolute atomic E-state index is 13.3. The van der Waals surface area contributed by atoms with E-state index in [0.717, 1.165) is 21.0 Å². The van der Waals surface area contributed by atoms with Crippen molar-refractivity contribution < 1.29 is 13.2 Å². The highest BCUT2D eigenvalue weighted by Gasteiger charge is 2.27. The first-order valence-electron chi connectivity index (χ1n) is 9.83. The average Bonchev–Trinajstić information content (AvgIpc) is 2.74. The van der Waals surface area contributed by atoms with Crippen LogP contribution in [-0.4, -0.2) is 27.4 Å². The van der Waals surface area contributed by atoms with Crippen molar-refractivity contribution in [1.82, 2.24) is 5.32 Å². The second-order valence-corrected chi connectivity index (χ2v) is 9.11. The summed E-state index contributed by atoms with van der Waals surface area (Å²) in [5.74, 6) is -0.345. The van der Waals surface area contributed by atoms with E-state index < -0.39 is 10.0 Å². The Morgan fingerprint density at radius 3 is 2.00 bits per heavy atom. The third-order valence-electron chi connectivity index (χ3n) is 4.80. The summed E-state index contributed by atoms with van der Waals surface area (Å²) in [6, 6.07) is 23.6. The molecule has 0 aliphatic carbocycles. The van der Waals surface area contributed by atoms with Crippen LogP contribution in [0.1, 0.15) is 16.7 Å². The monoisotopic (exact) mass is 422 g/mol. The minimum atomic E-state index is -3.88. The smallest absolute Gasteiger partial charge is 0.264 e. The van der Waals surface area contributed by atoms with Crippen molar-refractivity contribution in [2.45, 2.75) is 25.2 Å². The number of rotatable bonds is 8. The van der Waals surface area contributed by atoms with Crippen molar-refractivity contribution in [3.8, 4) is 0 Å². The molecule has 3 rings (SSSR count). The Labute approximate surface area is 178 Å². The summed E-state index contributed by atoms with van der Waals surface area (Å²) in [5, 5.41) is 2.83. The Morgan fingerprint density at radius 1 is 0.833 bits per heavy atom. The molecule has 5 nitrogen and oxygen atoms in total. The highest BCUT2D eigenvalue weighted by atomic mass is 32.2. The van der Waals surface area contributed by atoms with Crippen molar-refractivity contribution >= 4 is 21.6 Å². The lowest BCUT2D eigenvalue weighted by atomic mass is 10.1. The van der Waals surface area contributed by atoms with Gasteiger partial charge in [0.15, 0.2) is 0 Å². The van der Waals surface area contributed by atoms with Crippen LogP contribution in [0.15, 0.2) is 83.8 Å². The average molecular weight is 423 g/mol. The summed E-state index contributed by atoms with van der Waals surface area (Å²) in [5.41, 5.74) is 3.55. The third-order valence-corrected chi connectivity index (χ3v) is 6.58. The molecule has 0 saturated carbocycles. The van der Waals surface area contributed by atoms with Gasteiger partial charge in [-0.2, -0.15) is 0 Å². The molecule has 0 heterocycles. The van der Waals surface area contributed by atoms with Crippen molar-refractivity contribution in [2.24, 2.45) is 0 Å². The molecule has 0 radical (unpaired) electrons. The summed E-state index contributed by atoms with van der Waals surface area (Å²) >= 11 is 0. The molecule has 3 aromatic rings. The van der Waals surface area contributed by atoms with Gasteiger partial charge in [-0.1, -0.05) is 65.7 Å². The number of nitrogens with zero attached hydrogens (tertiary/aromatic N) is 1. The lowest BCUT2D eigenvalue weighted by Crippen LogP contribution is -2.41.